The number of rotatable bonds is 11. The quantitative estimate of drug-likeness (QED) is 0.0863. The van der Waals surface area contributed by atoms with Gasteiger partial charge in [0.2, 0.25) is 11.9 Å². The molecule has 0 spiro atoms. The lowest BCUT2D eigenvalue weighted by atomic mass is 9.96. The number of nitrogens with one attached hydrogen (secondary N) is 3. The van der Waals surface area contributed by atoms with E-state index in [0.717, 1.165) is 43.0 Å². The van der Waals surface area contributed by atoms with E-state index in [2.05, 4.69) is 21.1 Å². The van der Waals surface area contributed by atoms with Crippen molar-refractivity contribution in [1.82, 2.24) is 15.8 Å². The fourth-order valence-corrected chi connectivity index (χ4v) is 5.17. The van der Waals surface area contributed by atoms with Crippen LogP contribution in [0, 0.1) is 17.6 Å². The molecule has 2 aromatic rings. The molecular formula is C30H38ClF5N6O2. The molecule has 1 amide bonds. The Balaban J connectivity index is 2.01. The number of alkyl halides is 3. The molecule has 0 radical (unpaired) electrons. The van der Waals surface area contributed by atoms with Crippen molar-refractivity contribution < 1.29 is 31.9 Å². The minimum Gasteiger partial charge on any atom is -0.505 e. The highest BCUT2D eigenvalue weighted by atomic mass is 35.5. The first kappa shape index (κ1) is 35.2. The molecule has 0 bridgehead atoms. The normalized spacial score (nSPS) is 19.6. The standard InChI is InChI=1S/C30H38ClF5N6O2/c1-4-6-17(5-2)7-10-20(15-24(37)18-8-12-26(43)23(33)13-18)38-29(39-25-11-9-19(32)14-22(25)31)40-28(44)21-16-42(3)41-27(21)30(34,35)36/h7-9,11-14,20-21,24,27,41,43H,4-6,10,15-16,37H2,1-3H3,(H2,38,39,40,44). The van der Waals surface area contributed by atoms with Crippen LogP contribution in [0.15, 0.2) is 53.0 Å². The molecule has 1 saturated heterocycles. The number of nitrogens with two attached hydrogens (primary N) is 1. The first-order valence-corrected chi connectivity index (χ1v) is 14.7. The minimum absolute atomic E-state index is 0.0497. The molecule has 14 heteroatoms. The second kappa shape index (κ2) is 15.6. The molecule has 8 nitrogen and oxygen atoms in total. The summed E-state index contributed by atoms with van der Waals surface area (Å²) in [6, 6.07) is 3.72. The van der Waals surface area contributed by atoms with Crippen molar-refractivity contribution >= 4 is 29.2 Å². The number of phenolic OH excluding ortho intramolecular Hbond substituents is 1. The maximum absolute atomic E-state index is 14.1. The van der Waals surface area contributed by atoms with E-state index in [1.165, 1.54) is 30.3 Å². The summed E-state index contributed by atoms with van der Waals surface area (Å²) in [5, 5.41) is 16.0. The van der Waals surface area contributed by atoms with Crippen LogP contribution in [0.2, 0.25) is 5.02 Å². The third kappa shape index (κ3) is 9.88. The van der Waals surface area contributed by atoms with E-state index in [-0.39, 0.29) is 29.6 Å². The van der Waals surface area contributed by atoms with Crippen molar-refractivity contribution in [2.24, 2.45) is 16.6 Å². The number of allylic oxidation sites excluding steroid dienone is 1. The molecular weight excluding hydrogens is 607 g/mol. The Kier molecular flexibility index (Phi) is 12.5. The number of nitrogens with zero attached hydrogens (tertiary/aromatic N) is 2. The van der Waals surface area contributed by atoms with E-state index < -0.39 is 53.5 Å². The molecule has 4 atom stereocenters. The third-order valence-corrected chi connectivity index (χ3v) is 7.60. The Hall–Kier alpha value is -3.26. The molecule has 1 heterocycles. The highest BCUT2D eigenvalue weighted by Gasteiger charge is 2.52. The van der Waals surface area contributed by atoms with E-state index in [1.54, 1.807) is 0 Å². The molecule has 6 N–H and O–H groups in total. The second-order valence-electron chi connectivity index (χ2n) is 10.8. The number of halogens is 6. The second-order valence-corrected chi connectivity index (χ2v) is 11.2. The van der Waals surface area contributed by atoms with Crippen molar-refractivity contribution in [2.45, 2.75) is 70.3 Å². The zero-order chi connectivity index (χ0) is 32.6. The number of guanidine groups is 1. The highest BCUT2D eigenvalue weighted by Crippen LogP contribution is 2.30. The number of hydrogen-bond acceptors (Lipinski definition) is 6. The van der Waals surface area contributed by atoms with E-state index in [1.807, 2.05) is 19.9 Å². The number of hydrazine groups is 1. The van der Waals surface area contributed by atoms with E-state index in [4.69, 9.17) is 17.3 Å². The van der Waals surface area contributed by atoms with Crippen molar-refractivity contribution in [3.05, 3.63) is 70.3 Å². The van der Waals surface area contributed by atoms with Crippen LogP contribution in [-0.2, 0) is 4.79 Å². The minimum atomic E-state index is -4.70. The first-order chi connectivity index (χ1) is 20.7. The zero-order valence-electron chi connectivity index (χ0n) is 24.7. The number of phenols is 1. The van der Waals surface area contributed by atoms with Gasteiger partial charge in [0.05, 0.1) is 22.7 Å². The lowest BCUT2D eigenvalue weighted by Gasteiger charge is -2.23. The van der Waals surface area contributed by atoms with Gasteiger partial charge in [-0.2, -0.15) is 13.2 Å². The van der Waals surface area contributed by atoms with Crippen molar-refractivity contribution in [3.63, 3.8) is 0 Å². The van der Waals surface area contributed by atoms with Gasteiger partial charge in [-0.3, -0.25) is 10.1 Å². The summed E-state index contributed by atoms with van der Waals surface area (Å²) in [5.41, 5.74) is 10.4. The summed E-state index contributed by atoms with van der Waals surface area (Å²) in [7, 11) is 1.40. The van der Waals surface area contributed by atoms with Gasteiger partial charge in [-0.25, -0.2) is 24.2 Å². The number of aliphatic imine (C=N–C) groups is 1. The van der Waals surface area contributed by atoms with Gasteiger partial charge in [0.25, 0.3) is 0 Å². The summed E-state index contributed by atoms with van der Waals surface area (Å²) in [5.74, 6) is -4.66. The molecule has 0 aliphatic carbocycles. The smallest absolute Gasteiger partial charge is 0.405 e. The Morgan fingerprint density at radius 1 is 1.25 bits per heavy atom. The van der Waals surface area contributed by atoms with E-state index in [9.17, 15) is 31.9 Å². The van der Waals surface area contributed by atoms with Crippen molar-refractivity contribution in [1.29, 1.82) is 0 Å². The summed E-state index contributed by atoms with van der Waals surface area (Å²) in [6.45, 7) is 3.83. The van der Waals surface area contributed by atoms with Crippen LogP contribution in [-0.4, -0.2) is 53.8 Å². The van der Waals surface area contributed by atoms with Gasteiger partial charge in [0.1, 0.15) is 11.9 Å². The van der Waals surface area contributed by atoms with Gasteiger partial charge in [0.15, 0.2) is 11.6 Å². The monoisotopic (exact) mass is 644 g/mol. The number of carbonyl (C=O) groups is 1. The van der Waals surface area contributed by atoms with Crippen LogP contribution in [0.1, 0.15) is 57.6 Å². The summed E-state index contributed by atoms with van der Waals surface area (Å²) < 4.78 is 69.0. The topological polar surface area (TPSA) is 115 Å². The number of benzene rings is 2. The third-order valence-electron chi connectivity index (χ3n) is 7.29. The molecule has 2 aromatic carbocycles. The van der Waals surface area contributed by atoms with Crippen LogP contribution >= 0.6 is 11.6 Å². The molecule has 0 aromatic heterocycles. The van der Waals surface area contributed by atoms with E-state index in [0.29, 0.717) is 12.0 Å². The van der Waals surface area contributed by atoms with Crippen LogP contribution in [0.25, 0.3) is 0 Å². The number of carbonyl (C=O) groups excluding carboxylic acids is 1. The van der Waals surface area contributed by atoms with Crippen LogP contribution in [0.3, 0.4) is 0 Å². The zero-order valence-corrected chi connectivity index (χ0v) is 25.4. The fraction of sp³-hybridized carbons (Fsp3) is 0.467. The molecule has 1 aliphatic heterocycles. The average molecular weight is 645 g/mol. The first-order valence-electron chi connectivity index (χ1n) is 14.3. The average Bonchev–Trinajstić information content (AvgIpc) is 3.36. The Labute approximate surface area is 258 Å². The molecule has 4 unspecified atom stereocenters. The van der Waals surface area contributed by atoms with Gasteiger partial charge in [-0.15, -0.1) is 0 Å². The van der Waals surface area contributed by atoms with Crippen LogP contribution < -0.4 is 21.8 Å². The summed E-state index contributed by atoms with van der Waals surface area (Å²) >= 11 is 6.20. The Morgan fingerprint density at radius 3 is 2.59 bits per heavy atom. The molecule has 242 valence electrons. The van der Waals surface area contributed by atoms with Crippen LogP contribution in [0.4, 0.5) is 27.6 Å². The number of amides is 1. The van der Waals surface area contributed by atoms with Gasteiger partial charge < -0.3 is 16.2 Å². The van der Waals surface area contributed by atoms with Gasteiger partial charge in [-0.1, -0.05) is 49.6 Å². The largest absolute Gasteiger partial charge is 0.505 e. The number of anilines is 1. The van der Waals surface area contributed by atoms with Crippen LogP contribution in [0.5, 0.6) is 5.75 Å². The molecule has 3 rings (SSSR count). The molecule has 1 fully saturated rings. The van der Waals surface area contributed by atoms with Crippen molar-refractivity contribution in [3.8, 4) is 5.75 Å². The maximum Gasteiger partial charge on any atom is 0.405 e. The number of hydrogen-bond donors (Lipinski definition) is 5. The summed E-state index contributed by atoms with van der Waals surface area (Å²) in [4.78, 5) is 17.9. The fourth-order valence-electron chi connectivity index (χ4n) is 4.95. The number of aromatic hydroxyl groups is 1. The predicted octanol–water partition coefficient (Wildman–Crippen LogP) is 6.19. The lowest BCUT2D eigenvalue weighted by Crippen LogP contribution is -2.50. The van der Waals surface area contributed by atoms with E-state index >= 15 is 0 Å². The predicted molar refractivity (Wildman–Crippen MR) is 161 cm³/mol. The SMILES string of the molecule is CCCC(=CCC(CC(N)c1ccc(O)c(F)c1)N=C(NC(=O)C1CN(C)NC1C(F)(F)F)Nc1ccc(F)cc1Cl)CC. The molecule has 44 heavy (non-hydrogen) atoms. The van der Waals surface area contributed by atoms with Gasteiger partial charge in [-0.05, 0) is 61.6 Å². The van der Waals surface area contributed by atoms with Gasteiger partial charge >= 0.3 is 6.18 Å². The maximum atomic E-state index is 14.1. The highest BCUT2D eigenvalue weighted by molar-refractivity contribution is 6.33. The molecule has 0 saturated carbocycles. The van der Waals surface area contributed by atoms with Crippen molar-refractivity contribution in [2.75, 3.05) is 18.9 Å². The Morgan fingerprint density at radius 2 is 1.98 bits per heavy atom. The molecule has 1 aliphatic rings. The lowest BCUT2D eigenvalue weighted by molar-refractivity contribution is -0.168. The van der Waals surface area contributed by atoms with Gasteiger partial charge in [0, 0.05) is 19.6 Å². The summed E-state index contributed by atoms with van der Waals surface area (Å²) in [6.07, 6.45) is 0.323. The Bertz CT molecular complexity index is 1360.